The zero-order chi connectivity index (χ0) is 11.8. The molecule has 0 aromatic heterocycles. The number of nitrogens with zero attached hydrogens (tertiary/aromatic N) is 1. The van der Waals surface area contributed by atoms with E-state index in [1.165, 1.54) is 0 Å². The Balaban J connectivity index is 2.93. The van der Waals surface area contributed by atoms with Crippen molar-refractivity contribution in [3.8, 4) is 0 Å². The number of hydrogen-bond donors (Lipinski definition) is 1. The summed E-state index contributed by atoms with van der Waals surface area (Å²) in [5.41, 5.74) is -0.903. The Morgan fingerprint density at radius 1 is 1.47 bits per heavy atom. The number of carbonyl (C=O) groups is 3. The lowest BCUT2D eigenvalue weighted by atomic mass is 10.0. The van der Waals surface area contributed by atoms with Gasteiger partial charge in [0.1, 0.15) is 5.54 Å². The molecule has 0 aromatic carbocycles. The molecule has 0 aliphatic carbocycles. The zero-order valence-corrected chi connectivity index (χ0v) is 9.46. The minimum atomic E-state index is -0.903. The molecular formula is C10H16N2O3. The molecule has 1 heterocycles. The Bertz CT molecular complexity index is 323. The van der Waals surface area contributed by atoms with Crippen molar-refractivity contribution in [2.24, 2.45) is 0 Å². The maximum atomic E-state index is 11.8. The van der Waals surface area contributed by atoms with E-state index >= 15 is 0 Å². The molecule has 0 radical (unpaired) electrons. The molecule has 3 amide bonds. The third kappa shape index (κ3) is 1.86. The van der Waals surface area contributed by atoms with Crippen LogP contribution >= 0.6 is 0 Å². The van der Waals surface area contributed by atoms with Crippen molar-refractivity contribution in [2.45, 2.75) is 45.7 Å². The van der Waals surface area contributed by atoms with Crippen LogP contribution in [-0.2, 0) is 9.59 Å². The van der Waals surface area contributed by atoms with Gasteiger partial charge in [-0.25, -0.2) is 4.79 Å². The summed E-state index contributed by atoms with van der Waals surface area (Å²) < 4.78 is 0. The summed E-state index contributed by atoms with van der Waals surface area (Å²) in [6, 6.07) is -1.16. The molecule has 0 saturated carbocycles. The molecule has 0 spiro atoms. The topological polar surface area (TPSA) is 66.5 Å². The SMILES string of the molecule is CCC(=O)C(C)N1C(=O)NC(C)(C)C1=O. The lowest BCUT2D eigenvalue weighted by molar-refractivity contribution is -0.136. The maximum Gasteiger partial charge on any atom is 0.325 e. The Hall–Kier alpha value is -1.39. The molecule has 15 heavy (non-hydrogen) atoms. The number of carbonyl (C=O) groups excluding carboxylic acids is 3. The molecule has 1 atom stereocenters. The smallest absolute Gasteiger partial charge is 0.324 e. The first-order valence-electron chi connectivity index (χ1n) is 4.99. The van der Waals surface area contributed by atoms with Crippen LogP contribution in [0.15, 0.2) is 0 Å². The van der Waals surface area contributed by atoms with Crippen LogP contribution < -0.4 is 5.32 Å². The fourth-order valence-corrected chi connectivity index (χ4v) is 1.57. The average Bonchev–Trinajstić information content (AvgIpc) is 2.34. The maximum absolute atomic E-state index is 11.8. The van der Waals surface area contributed by atoms with Crippen LogP contribution in [0.4, 0.5) is 4.79 Å². The van der Waals surface area contributed by atoms with E-state index in [9.17, 15) is 14.4 Å². The molecule has 1 aliphatic heterocycles. The van der Waals surface area contributed by atoms with Crippen LogP contribution in [0.25, 0.3) is 0 Å². The summed E-state index contributed by atoms with van der Waals surface area (Å²) >= 11 is 0. The molecule has 0 bridgehead atoms. The Labute approximate surface area is 88.8 Å². The fraction of sp³-hybridized carbons (Fsp3) is 0.700. The highest BCUT2D eigenvalue weighted by molar-refractivity contribution is 6.09. The molecule has 5 nitrogen and oxygen atoms in total. The minimum absolute atomic E-state index is 0.115. The summed E-state index contributed by atoms with van der Waals surface area (Å²) in [7, 11) is 0. The summed E-state index contributed by atoms with van der Waals surface area (Å²) in [6.07, 6.45) is 0.318. The average molecular weight is 212 g/mol. The Morgan fingerprint density at radius 3 is 2.33 bits per heavy atom. The zero-order valence-electron chi connectivity index (χ0n) is 9.46. The standard InChI is InChI=1S/C10H16N2O3/c1-5-7(13)6(2)12-8(14)10(3,4)11-9(12)15/h6H,5H2,1-4H3,(H,11,15). The van der Waals surface area contributed by atoms with Crippen LogP contribution in [0, 0.1) is 0 Å². The predicted octanol–water partition coefficient (Wildman–Crippen LogP) is 0.684. The summed E-state index contributed by atoms with van der Waals surface area (Å²) in [6.45, 7) is 6.53. The number of nitrogens with one attached hydrogen (secondary N) is 1. The first-order chi connectivity index (χ1) is 6.81. The van der Waals surface area contributed by atoms with Crippen molar-refractivity contribution < 1.29 is 14.4 Å². The van der Waals surface area contributed by atoms with Crippen LogP contribution in [0.3, 0.4) is 0 Å². The summed E-state index contributed by atoms with van der Waals surface area (Å²) in [5, 5.41) is 2.54. The molecule has 0 aromatic rings. The van der Waals surface area contributed by atoms with E-state index in [1.54, 1.807) is 27.7 Å². The van der Waals surface area contributed by atoms with Gasteiger partial charge < -0.3 is 5.32 Å². The van der Waals surface area contributed by atoms with Crippen molar-refractivity contribution in [3.63, 3.8) is 0 Å². The highest BCUT2D eigenvalue weighted by Gasteiger charge is 2.47. The monoisotopic (exact) mass is 212 g/mol. The number of urea groups is 1. The molecule has 1 saturated heterocycles. The predicted molar refractivity (Wildman–Crippen MR) is 54.2 cm³/mol. The van der Waals surface area contributed by atoms with Crippen molar-refractivity contribution >= 4 is 17.7 Å². The Kier molecular flexibility index (Phi) is 2.83. The second kappa shape index (κ2) is 3.64. The number of amides is 3. The normalized spacial score (nSPS) is 21.5. The minimum Gasteiger partial charge on any atom is -0.324 e. The number of hydrogen-bond acceptors (Lipinski definition) is 3. The second-order valence-corrected chi connectivity index (χ2v) is 4.23. The van der Waals surface area contributed by atoms with E-state index in [-0.39, 0.29) is 11.7 Å². The van der Waals surface area contributed by atoms with Gasteiger partial charge in [0.05, 0.1) is 6.04 Å². The first kappa shape index (κ1) is 11.7. The van der Waals surface area contributed by atoms with Crippen LogP contribution in [0.1, 0.15) is 34.1 Å². The number of Topliss-reactive ketones (excluding diaryl/α,β-unsaturated/α-hetero) is 1. The molecule has 1 N–H and O–H groups in total. The summed E-state index contributed by atoms with van der Waals surface area (Å²) in [5.74, 6) is -0.460. The van der Waals surface area contributed by atoms with Gasteiger partial charge in [0.2, 0.25) is 0 Å². The van der Waals surface area contributed by atoms with Crippen molar-refractivity contribution in [3.05, 3.63) is 0 Å². The molecule has 5 heteroatoms. The van der Waals surface area contributed by atoms with Gasteiger partial charge in [0, 0.05) is 6.42 Å². The van der Waals surface area contributed by atoms with E-state index in [0.717, 1.165) is 4.90 Å². The van der Waals surface area contributed by atoms with Gasteiger partial charge in [-0.05, 0) is 20.8 Å². The van der Waals surface area contributed by atoms with Gasteiger partial charge in [0.15, 0.2) is 5.78 Å². The molecule has 1 fully saturated rings. The Morgan fingerprint density at radius 2 is 2.00 bits per heavy atom. The van der Waals surface area contributed by atoms with E-state index < -0.39 is 17.6 Å². The van der Waals surface area contributed by atoms with Gasteiger partial charge in [0.25, 0.3) is 5.91 Å². The third-order valence-corrected chi connectivity index (χ3v) is 2.59. The lowest BCUT2D eigenvalue weighted by Gasteiger charge is -2.21. The molecule has 1 rings (SSSR count). The fourth-order valence-electron chi connectivity index (χ4n) is 1.57. The van der Waals surface area contributed by atoms with Gasteiger partial charge in [-0.3, -0.25) is 14.5 Å². The first-order valence-corrected chi connectivity index (χ1v) is 4.99. The summed E-state index contributed by atoms with van der Waals surface area (Å²) in [4.78, 5) is 35.7. The molecule has 1 unspecified atom stereocenters. The number of rotatable bonds is 3. The van der Waals surface area contributed by atoms with E-state index in [0.29, 0.717) is 6.42 Å². The van der Waals surface area contributed by atoms with Gasteiger partial charge in [-0.1, -0.05) is 6.92 Å². The number of imide groups is 1. The van der Waals surface area contributed by atoms with Crippen molar-refractivity contribution in [2.75, 3.05) is 0 Å². The van der Waals surface area contributed by atoms with Crippen LogP contribution in [-0.4, -0.2) is 34.2 Å². The van der Waals surface area contributed by atoms with Crippen LogP contribution in [0.2, 0.25) is 0 Å². The quantitative estimate of drug-likeness (QED) is 0.700. The van der Waals surface area contributed by atoms with Gasteiger partial charge >= 0.3 is 6.03 Å². The van der Waals surface area contributed by atoms with Crippen molar-refractivity contribution in [1.29, 1.82) is 0 Å². The second-order valence-electron chi connectivity index (χ2n) is 4.23. The largest absolute Gasteiger partial charge is 0.325 e. The highest BCUT2D eigenvalue weighted by atomic mass is 16.2. The highest BCUT2D eigenvalue weighted by Crippen LogP contribution is 2.19. The third-order valence-electron chi connectivity index (χ3n) is 2.59. The lowest BCUT2D eigenvalue weighted by Crippen LogP contribution is -2.45. The van der Waals surface area contributed by atoms with Crippen molar-refractivity contribution in [1.82, 2.24) is 10.2 Å². The van der Waals surface area contributed by atoms with Crippen LogP contribution in [0.5, 0.6) is 0 Å². The van der Waals surface area contributed by atoms with E-state index in [4.69, 9.17) is 0 Å². The molecular weight excluding hydrogens is 196 g/mol. The molecule has 84 valence electrons. The number of ketones is 1. The van der Waals surface area contributed by atoms with E-state index in [2.05, 4.69) is 5.32 Å². The van der Waals surface area contributed by atoms with Gasteiger partial charge in [-0.2, -0.15) is 0 Å². The van der Waals surface area contributed by atoms with Gasteiger partial charge in [-0.15, -0.1) is 0 Å². The van der Waals surface area contributed by atoms with E-state index in [1.807, 2.05) is 0 Å². The molecule has 1 aliphatic rings.